The van der Waals surface area contributed by atoms with E-state index in [1.807, 2.05) is 6.08 Å². The average Bonchev–Trinajstić information content (AvgIpc) is 3.65. The molecule has 1 unspecified atom stereocenters. The number of rotatable bonds is 5. The minimum Gasteiger partial charge on any atom is -0.443 e. The molecule has 0 aromatic heterocycles. The molecule has 14 heteroatoms. The quantitative estimate of drug-likeness (QED) is 0.480. The number of halogens is 1. The predicted octanol–water partition coefficient (Wildman–Crippen LogP) is 3.49. The van der Waals surface area contributed by atoms with Crippen molar-refractivity contribution in [1.29, 1.82) is 0 Å². The van der Waals surface area contributed by atoms with Gasteiger partial charge in [0.1, 0.15) is 17.5 Å². The van der Waals surface area contributed by atoms with Crippen LogP contribution >= 0.6 is 12.1 Å². The largest absolute Gasteiger partial charge is 0.443 e. The lowest BCUT2D eigenvalue weighted by Gasteiger charge is -2.29. The Labute approximate surface area is 248 Å². The zero-order valence-corrected chi connectivity index (χ0v) is 25.0. The molecule has 2 saturated heterocycles. The number of amides is 3. The Morgan fingerprint density at radius 1 is 1.29 bits per heavy atom. The SMILES string of the molecule is CC(C)(C)OC(=O)N1SNC=C1C(N)[C@H]1CN(c2ccc(C3=CCN(C(=O)[C@@H]4COC(C)(C)O4)CC3)c(F)c2)C(=O)O1. The molecule has 2 fully saturated rings. The van der Waals surface area contributed by atoms with Gasteiger partial charge in [-0.3, -0.25) is 9.69 Å². The number of anilines is 1. The summed E-state index contributed by atoms with van der Waals surface area (Å²) in [5, 5.41) is 0. The van der Waals surface area contributed by atoms with E-state index in [1.54, 1.807) is 57.9 Å². The molecule has 0 radical (unpaired) electrons. The third-order valence-corrected chi connectivity index (χ3v) is 7.90. The topological polar surface area (TPSA) is 136 Å². The number of nitrogens with two attached hydrogens (primary N) is 1. The van der Waals surface area contributed by atoms with Gasteiger partial charge in [-0.05, 0) is 64.8 Å². The second kappa shape index (κ2) is 11.4. The van der Waals surface area contributed by atoms with Crippen molar-refractivity contribution in [2.45, 2.75) is 70.7 Å². The molecule has 0 spiro atoms. The van der Waals surface area contributed by atoms with Gasteiger partial charge < -0.3 is 34.3 Å². The van der Waals surface area contributed by atoms with E-state index < -0.39 is 47.6 Å². The highest BCUT2D eigenvalue weighted by molar-refractivity contribution is 7.96. The first-order chi connectivity index (χ1) is 19.7. The monoisotopic (exact) mass is 605 g/mol. The standard InChI is InChI=1S/C28H36FN5O7S/c1-27(2,3)41-26(37)34-20(13-31-42-34)23(30)21-14-33(25(36)39-21)17-6-7-18(19(29)12-17)16-8-10-32(11-9-16)24(35)22-15-38-28(4,5)40-22/h6-8,12-13,21-23,31H,9-11,14-15,30H2,1-5H3/t21-,22+,23?/m1/s1. The van der Waals surface area contributed by atoms with Gasteiger partial charge in [-0.1, -0.05) is 6.08 Å². The molecular weight excluding hydrogens is 569 g/mol. The lowest BCUT2D eigenvalue weighted by molar-refractivity contribution is -0.159. The van der Waals surface area contributed by atoms with E-state index in [9.17, 15) is 14.4 Å². The average molecular weight is 606 g/mol. The van der Waals surface area contributed by atoms with Crippen LogP contribution in [0, 0.1) is 5.82 Å². The second-order valence-corrected chi connectivity index (χ2v) is 12.6. The molecule has 0 bridgehead atoms. The highest BCUT2D eigenvalue weighted by Crippen LogP contribution is 2.33. The molecule has 3 atom stereocenters. The second-order valence-electron chi connectivity index (χ2n) is 11.9. The summed E-state index contributed by atoms with van der Waals surface area (Å²) in [6.45, 7) is 9.82. The summed E-state index contributed by atoms with van der Waals surface area (Å²) in [7, 11) is 0. The van der Waals surface area contributed by atoms with Crippen molar-refractivity contribution in [2.75, 3.05) is 31.1 Å². The predicted molar refractivity (Wildman–Crippen MR) is 153 cm³/mol. The fraction of sp³-hybridized carbons (Fsp3) is 0.536. The number of ether oxygens (including phenoxy) is 4. The fourth-order valence-corrected chi connectivity index (χ4v) is 5.73. The minimum absolute atomic E-state index is 0.0620. The third-order valence-electron chi connectivity index (χ3n) is 7.14. The van der Waals surface area contributed by atoms with Gasteiger partial charge in [0.05, 0.1) is 42.7 Å². The lowest BCUT2D eigenvalue weighted by Crippen LogP contribution is -2.44. The van der Waals surface area contributed by atoms with Gasteiger partial charge in [-0.15, -0.1) is 0 Å². The molecule has 4 aliphatic rings. The first-order valence-electron chi connectivity index (χ1n) is 13.7. The molecule has 42 heavy (non-hydrogen) atoms. The van der Waals surface area contributed by atoms with Crippen molar-refractivity contribution in [1.82, 2.24) is 13.9 Å². The molecule has 0 aliphatic carbocycles. The molecule has 4 heterocycles. The van der Waals surface area contributed by atoms with Crippen LogP contribution in [0.25, 0.3) is 5.57 Å². The fourth-order valence-electron chi connectivity index (χ4n) is 5.06. The molecular formula is C28H36FN5O7S. The Bertz CT molecular complexity index is 1330. The van der Waals surface area contributed by atoms with E-state index in [4.69, 9.17) is 24.7 Å². The van der Waals surface area contributed by atoms with Crippen molar-refractivity contribution >= 4 is 41.5 Å². The van der Waals surface area contributed by atoms with Gasteiger partial charge in [0.15, 0.2) is 11.9 Å². The first-order valence-corrected chi connectivity index (χ1v) is 14.5. The van der Waals surface area contributed by atoms with Crippen LogP contribution in [0.1, 0.15) is 46.6 Å². The normalized spacial score (nSPS) is 24.6. The van der Waals surface area contributed by atoms with Crippen molar-refractivity contribution < 1.29 is 37.7 Å². The highest BCUT2D eigenvalue weighted by atomic mass is 32.2. The van der Waals surface area contributed by atoms with Gasteiger partial charge >= 0.3 is 12.2 Å². The molecule has 0 saturated carbocycles. The Hall–Kier alpha value is -3.33. The number of carbonyl (C=O) groups is 3. The van der Waals surface area contributed by atoms with E-state index in [0.717, 1.165) is 17.7 Å². The number of nitrogens with zero attached hydrogens (tertiary/aromatic N) is 3. The van der Waals surface area contributed by atoms with Gasteiger partial charge in [-0.25, -0.2) is 18.3 Å². The van der Waals surface area contributed by atoms with Gasteiger partial charge in [0.25, 0.3) is 5.91 Å². The van der Waals surface area contributed by atoms with Gasteiger partial charge in [-0.2, -0.15) is 0 Å². The van der Waals surface area contributed by atoms with Crippen LogP contribution in [0.4, 0.5) is 19.7 Å². The Balaban J connectivity index is 1.22. The zero-order chi connectivity index (χ0) is 30.4. The number of nitrogens with one attached hydrogen (secondary N) is 1. The summed E-state index contributed by atoms with van der Waals surface area (Å²) in [6.07, 6.45) is 1.15. The number of benzene rings is 1. The van der Waals surface area contributed by atoms with Crippen LogP contribution in [0.2, 0.25) is 0 Å². The number of carbonyl (C=O) groups excluding carboxylic acids is 3. The Morgan fingerprint density at radius 3 is 2.67 bits per heavy atom. The van der Waals surface area contributed by atoms with E-state index in [2.05, 4.69) is 4.72 Å². The highest BCUT2D eigenvalue weighted by Gasteiger charge is 2.42. The first kappa shape index (κ1) is 30.1. The number of hydrogen-bond donors (Lipinski definition) is 2. The molecule has 228 valence electrons. The van der Waals surface area contributed by atoms with Crippen LogP contribution in [0.15, 0.2) is 36.2 Å². The van der Waals surface area contributed by atoms with Crippen molar-refractivity contribution in [3.8, 4) is 0 Å². The molecule has 5 rings (SSSR count). The summed E-state index contributed by atoms with van der Waals surface area (Å²) in [4.78, 5) is 41.2. The van der Waals surface area contributed by atoms with Crippen LogP contribution in [0.5, 0.6) is 0 Å². The van der Waals surface area contributed by atoms with Gasteiger partial charge in [0.2, 0.25) is 0 Å². The summed E-state index contributed by atoms with van der Waals surface area (Å²) < 4.78 is 41.6. The molecule has 1 aromatic carbocycles. The van der Waals surface area contributed by atoms with Crippen molar-refractivity contribution in [2.24, 2.45) is 5.73 Å². The Kier molecular flexibility index (Phi) is 8.18. The van der Waals surface area contributed by atoms with E-state index in [-0.39, 0.29) is 19.1 Å². The van der Waals surface area contributed by atoms with Crippen LogP contribution in [-0.2, 0) is 23.7 Å². The van der Waals surface area contributed by atoms with Crippen LogP contribution in [0.3, 0.4) is 0 Å². The summed E-state index contributed by atoms with van der Waals surface area (Å²) in [6, 6.07) is 3.71. The summed E-state index contributed by atoms with van der Waals surface area (Å²) >= 11 is 1.00. The summed E-state index contributed by atoms with van der Waals surface area (Å²) in [5.41, 5.74) is 7.60. The molecule has 12 nitrogen and oxygen atoms in total. The smallest absolute Gasteiger partial charge is 0.426 e. The Morgan fingerprint density at radius 2 is 2.05 bits per heavy atom. The van der Waals surface area contributed by atoms with Crippen LogP contribution < -0.4 is 15.4 Å². The lowest BCUT2D eigenvalue weighted by atomic mass is 9.98. The van der Waals surface area contributed by atoms with Gasteiger partial charge in [0, 0.05) is 24.9 Å². The van der Waals surface area contributed by atoms with Crippen molar-refractivity contribution in [3.05, 3.63) is 47.6 Å². The van der Waals surface area contributed by atoms with E-state index >= 15 is 4.39 Å². The molecule has 3 N–H and O–H groups in total. The minimum atomic E-state index is -0.844. The van der Waals surface area contributed by atoms with Crippen LogP contribution in [-0.4, -0.2) is 83.2 Å². The van der Waals surface area contributed by atoms with E-state index in [0.29, 0.717) is 36.5 Å². The van der Waals surface area contributed by atoms with Crippen molar-refractivity contribution in [3.63, 3.8) is 0 Å². The number of cyclic esters (lactones) is 1. The van der Waals surface area contributed by atoms with E-state index in [1.165, 1.54) is 15.3 Å². The third kappa shape index (κ3) is 6.36. The molecule has 1 aromatic rings. The number of hydrogen-bond acceptors (Lipinski definition) is 10. The molecule has 4 aliphatic heterocycles. The molecule has 3 amide bonds. The maximum Gasteiger partial charge on any atom is 0.426 e. The maximum atomic E-state index is 15.3. The zero-order valence-electron chi connectivity index (χ0n) is 24.2. The summed E-state index contributed by atoms with van der Waals surface area (Å²) in [5.74, 6) is -1.44. The maximum absolute atomic E-state index is 15.3.